The summed E-state index contributed by atoms with van der Waals surface area (Å²) in [5, 5.41) is 5.74. The number of aryl methyl sites for hydroxylation is 3. The number of carbonyl (C=O) groups is 2. The number of nitrogens with one attached hydrogen (secondary N) is 2. The van der Waals surface area contributed by atoms with E-state index in [9.17, 15) is 9.59 Å². The summed E-state index contributed by atoms with van der Waals surface area (Å²) >= 11 is 1.51. The Morgan fingerprint density at radius 3 is 2.83 bits per heavy atom. The van der Waals surface area contributed by atoms with Gasteiger partial charge in [-0.1, -0.05) is 23.8 Å². The molecule has 1 aliphatic heterocycles. The molecule has 0 saturated heterocycles. The monoisotopic (exact) mass is 340 g/mol. The summed E-state index contributed by atoms with van der Waals surface area (Å²) in [6.07, 6.45) is 1.15. The molecule has 24 heavy (non-hydrogen) atoms. The SMILES string of the molecule is Cc1ccc(CCC(=O)Nc2ccc3c(c2)NC(=O)CS3)c(C)c1. The first kappa shape index (κ1) is 16.6. The summed E-state index contributed by atoms with van der Waals surface area (Å²) in [7, 11) is 0. The maximum Gasteiger partial charge on any atom is 0.234 e. The van der Waals surface area contributed by atoms with E-state index in [4.69, 9.17) is 0 Å². The average Bonchev–Trinajstić information content (AvgIpc) is 2.53. The van der Waals surface area contributed by atoms with E-state index in [1.165, 1.54) is 28.5 Å². The number of thioether (sulfide) groups is 1. The third-order valence-corrected chi connectivity index (χ3v) is 5.09. The Morgan fingerprint density at radius 2 is 2.04 bits per heavy atom. The highest BCUT2D eigenvalue weighted by atomic mass is 32.2. The molecule has 3 rings (SSSR count). The lowest BCUT2D eigenvalue weighted by molar-refractivity contribution is -0.116. The van der Waals surface area contributed by atoms with Gasteiger partial charge in [-0.05, 0) is 49.6 Å². The maximum atomic E-state index is 12.2. The van der Waals surface area contributed by atoms with Crippen LogP contribution in [0.15, 0.2) is 41.3 Å². The molecule has 0 fully saturated rings. The summed E-state index contributed by atoms with van der Waals surface area (Å²) in [5.74, 6) is 0.407. The van der Waals surface area contributed by atoms with E-state index in [-0.39, 0.29) is 11.8 Å². The fraction of sp³-hybridized carbons (Fsp3) is 0.263. The number of rotatable bonds is 4. The normalized spacial score (nSPS) is 13.2. The van der Waals surface area contributed by atoms with Crippen LogP contribution in [-0.2, 0) is 16.0 Å². The maximum absolute atomic E-state index is 12.2. The van der Waals surface area contributed by atoms with Gasteiger partial charge in [0.15, 0.2) is 0 Å². The van der Waals surface area contributed by atoms with Gasteiger partial charge in [0, 0.05) is 17.0 Å². The number of amides is 2. The van der Waals surface area contributed by atoms with Crippen molar-refractivity contribution >= 4 is 35.0 Å². The van der Waals surface area contributed by atoms with Crippen molar-refractivity contribution in [1.29, 1.82) is 0 Å². The van der Waals surface area contributed by atoms with E-state index in [1.54, 1.807) is 0 Å². The molecule has 1 heterocycles. The first-order valence-corrected chi connectivity index (χ1v) is 8.92. The van der Waals surface area contributed by atoms with Crippen molar-refractivity contribution < 1.29 is 9.59 Å². The molecule has 2 aromatic rings. The van der Waals surface area contributed by atoms with Crippen molar-refractivity contribution in [2.24, 2.45) is 0 Å². The van der Waals surface area contributed by atoms with Crippen molar-refractivity contribution in [1.82, 2.24) is 0 Å². The minimum atomic E-state index is -0.0234. The molecule has 0 unspecified atom stereocenters. The zero-order chi connectivity index (χ0) is 17.1. The van der Waals surface area contributed by atoms with E-state index >= 15 is 0 Å². The Hall–Kier alpha value is -2.27. The highest BCUT2D eigenvalue weighted by Crippen LogP contribution is 2.33. The third-order valence-electron chi connectivity index (χ3n) is 4.02. The van der Waals surface area contributed by atoms with E-state index < -0.39 is 0 Å². The fourth-order valence-electron chi connectivity index (χ4n) is 2.76. The van der Waals surface area contributed by atoms with Crippen LogP contribution in [-0.4, -0.2) is 17.6 Å². The van der Waals surface area contributed by atoms with Gasteiger partial charge in [-0.15, -0.1) is 11.8 Å². The van der Waals surface area contributed by atoms with E-state index in [0.717, 1.165) is 17.0 Å². The molecule has 4 nitrogen and oxygen atoms in total. The number of carbonyl (C=O) groups excluding carboxylic acids is 2. The van der Waals surface area contributed by atoms with Crippen LogP contribution in [0, 0.1) is 13.8 Å². The number of benzene rings is 2. The highest BCUT2D eigenvalue weighted by Gasteiger charge is 2.16. The van der Waals surface area contributed by atoms with Crippen molar-refractivity contribution in [3.05, 3.63) is 53.1 Å². The summed E-state index contributed by atoms with van der Waals surface area (Å²) < 4.78 is 0. The van der Waals surface area contributed by atoms with Crippen LogP contribution in [0.25, 0.3) is 0 Å². The molecule has 0 atom stereocenters. The van der Waals surface area contributed by atoms with Crippen molar-refractivity contribution in [2.45, 2.75) is 31.6 Å². The van der Waals surface area contributed by atoms with Gasteiger partial charge in [0.05, 0.1) is 11.4 Å². The number of anilines is 2. The van der Waals surface area contributed by atoms with Crippen molar-refractivity contribution in [2.75, 3.05) is 16.4 Å². The quantitative estimate of drug-likeness (QED) is 0.887. The van der Waals surface area contributed by atoms with Crippen LogP contribution >= 0.6 is 11.8 Å². The van der Waals surface area contributed by atoms with E-state index in [1.807, 2.05) is 18.2 Å². The van der Waals surface area contributed by atoms with Crippen LogP contribution in [0.2, 0.25) is 0 Å². The van der Waals surface area contributed by atoms with Crippen molar-refractivity contribution in [3.63, 3.8) is 0 Å². The van der Waals surface area contributed by atoms with Crippen LogP contribution < -0.4 is 10.6 Å². The lowest BCUT2D eigenvalue weighted by atomic mass is 10.0. The third kappa shape index (κ3) is 3.97. The molecule has 0 aromatic heterocycles. The van der Waals surface area contributed by atoms with Crippen LogP contribution in [0.3, 0.4) is 0 Å². The summed E-state index contributed by atoms with van der Waals surface area (Å²) in [6.45, 7) is 4.14. The number of fused-ring (bicyclic) bond motifs is 1. The molecule has 2 N–H and O–H groups in total. The Bertz CT molecular complexity index is 802. The molecule has 0 bridgehead atoms. The molecular formula is C19H20N2O2S. The summed E-state index contributed by atoms with van der Waals surface area (Å²) in [4.78, 5) is 24.7. The van der Waals surface area contributed by atoms with Crippen LogP contribution in [0.1, 0.15) is 23.1 Å². The van der Waals surface area contributed by atoms with Gasteiger partial charge in [0.2, 0.25) is 11.8 Å². The standard InChI is InChI=1S/C19H20N2O2S/c1-12-3-4-14(13(2)9-12)5-8-18(22)20-15-6-7-17-16(10-15)21-19(23)11-24-17/h3-4,6-7,9-10H,5,8,11H2,1-2H3,(H,20,22)(H,21,23). The molecule has 0 aliphatic carbocycles. The van der Waals surface area contributed by atoms with E-state index in [2.05, 4.69) is 42.7 Å². The first-order chi connectivity index (χ1) is 11.5. The largest absolute Gasteiger partial charge is 0.326 e. The smallest absolute Gasteiger partial charge is 0.234 e. The predicted octanol–water partition coefficient (Wildman–Crippen LogP) is 3.92. The van der Waals surface area contributed by atoms with E-state index in [0.29, 0.717) is 17.9 Å². The van der Waals surface area contributed by atoms with Gasteiger partial charge in [-0.3, -0.25) is 9.59 Å². The topological polar surface area (TPSA) is 58.2 Å². The predicted molar refractivity (Wildman–Crippen MR) is 98.7 cm³/mol. The Labute approximate surface area is 146 Å². The highest BCUT2D eigenvalue weighted by molar-refractivity contribution is 8.00. The second-order valence-electron chi connectivity index (χ2n) is 6.03. The fourth-order valence-corrected chi connectivity index (χ4v) is 3.55. The Morgan fingerprint density at radius 1 is 1.21 bits per heavy atom. The minimum absolute atomic E-state index is 0.00850. The summed E-state index contributed by atoms with van der Waals surface area (Å²) in [6, 6.07) is 11.9. The first-order valence-electron chi connectivity index (χ1n) is 7.94. The van der Waals surface area contributed by atoms with Gasteiger partial charge in [0.25, 0.3) is 0 Å². The number of hydrogen-bond acceptors (Lipinski definition) is 3. The van der Waals surface area contributed by atoms with Crippen LogP contribution in [0.4, 0.5) is 11.4 Å². The molecule has 124 valence electrons. The molecule has 5 heteroatoms. The van der Waals surface area contributed by atoms with Gasteiger partial charge in [0.1, 0.15) is 0 Å². The molecule has 2 amide bonds. The molecule has 1 aliphatic rings. The zero-order valence-electron chi connectivity index (χ0n) is 13.8. The van der Waals surface area contributed by atoms with Gasteiger partial charge in [-0.25, -0.2) is 0 Å². The molecule has 0 saturated carbocycles. The molecule has 0 radical (unpaired) electrons. The van der Waals surface area contributed by atoms with Gasteiger partial charge < -0.3 is 10.6 Å². The van der Waals surface area contributed by atoms with Gasteiger partial charge >= 0.3 is 0 Å². The summed E-state index contributed by atoms with van der Waals surface area (Å²) in [5.41, 5.74) is 5.13. The number of hydrogen-bond donors (Lipinski definition) is 2. The average molecular weight is 340 g/mol. The zero-order valence-corrected chi connectivity index (χ0v) is 14.6. The Balaban J connectivity index is 1.61. The second-order valence-corrected chi connectivity index (χ2v) is 7.04. The molecule has 2 aromatic carbocycles. The lowest BCUT2D eigenvalue weighted by Gasteiger charge is -2.17. The minimum Gasteiger partial charge on any atom is -0.326 e. The Kier molecular flexibility index (Phi) is 4.90. The molecular weight excluding hydrogens is 320 g/mol. The van der Waals surface area contributed by atoms with Crippen molar-refractivity contribution in [3.8, 4) is 0 Å². The lowest BCUT2D eigenvalue weighted by Crippen LogP contribution is -2.19. The van der Waals surface area contributed by atoms with Crippen LogP contribution in [0.5, 0.6) is 0 Å². The second kappa shape index (κ2) is 7.09. The van der Waals surface area contributed by atoms with Gasteiger partial charge in [-0.2, -0.15) is 0 Å². The molecule has 0 spiro atoms.